The van der Waals surface area contributed by atoms with E-state index in [1.807, 2.05) is 7.05 Å². The van der Waals surface area contributed by atoms with Gasteiger partial charge >= 0.3 is 0 Å². The van der Waals surface area contributed by atoms with E-state index in [9.17, 15) is 0 Å². The van der Waals surface area contributed by atoms with Crippen molar-refractivity contribution < 1.29 is 0 Å². The number of hydrogen-bond donors (Lipinski definition) is 1. The van der Waals surface area contributed by atoms with Crippen LogP contribution in [-0.4, -0.2) is 25.6 Å². The lowest BCUT2D eigenvalue weighted by Crippen LogP contribution is -2.25. The van der Waals surface area contributed by atoms with Gasteiger partial charge in [-0.25, -0.2) is 4.98 Å². The van der Waals surface area contributed by atoms with Crippen LogP contribution in [0.1, 0.15) is 30.2 Å². The number of aromatic nitrogens is 1. The molecule has 1 aliphatic rings. The fraction of sp³-hybridized carbons (Fsp3) is 0.667. The van der Waals surface area contributed by atoms with Gasteiger partial charge in [0.1, 0.15) is 5.82 Å². The summed E-state index contributed by atoms with van der Waals surface area (Å²) in [4.78, 5) is 7.08. The molecule has 3 heteroatoms. The Balaban J connectivity index is 2.23. The van der Waals surface area contributed by atoms with Gasteiger partial charge < -0.3 is 10.2 Å². The predicted molar refractivity (Wildman–Crippen MR) is 77.0 cm³/mol. The second-order valence-electron chi connectivity index (χ2n) is 5.77. The number of nitrogens with zero attached hydrogens (tertiary/aromatic N) is 2. The van der Waals surface area contributed by atoms with Gasteiger partial charge in [0, 0.05) is 31.4 Å². The SMILES string of the molecule is CNCc1c(C)cc(C)nc1N(C)CC1CC1C. The third kappa shape index (κ3) is 2.83. The smallest absolute Gasteiger partial charge is 0.133 e. The summed E-state index contributed by atoms with van der Waals surface area (Å²) in [6.07, 6.45) is 1.37. The van der Waals surface area contributed by atoms with E-state index < -0.39 is 0 Å². The van der Waals surface area contributed by atoms with Crippen molar-refractivity contribution in [2.24, 2.45) is 11.8 Å². The minimum atomic E-state index is 0.861. The standard InChI is InChI=1S/C15H25N3/c1-10-7-13(10)9-18(5)15-14(8-16-4)11(2)6-12(3)17-15/h6,10,13,16H,7-9H2,1-5H3. The highest BCUT2D eigenvalue weighted by Crippen LogP contribution is 2.39. The minimum Gasteiger partial charge on any atom is -0.359 e. The van der Waals surface area contributed by atoms with Crippen molar-refractivity contribution in [1.82, 2.24) is 10.3 Å². The molecule has 0 spiro atoms. The number of hydrogen-bond acceptors (Lipinski definition) is 3. The van der Waals surface area contributed by atoms with E-state index in [-0.39, 0.29) is 0 Å². The predicted octanol–water partition coefficient (Wildman–Crippen LogP) is 2.51. The number of nitrogens with one attached hydrogen (secondary N) is 1. The molecule has 1 aliphatic carbocycles. The Kier molecular flexibility index (Phi) is 3.91. The van der Waals surface area contributed by atoms with Gasteiger partial charge in [0.15, 0.2) is 0 Å². The molecule has 3 nitrogen and oxygen atoms in total. The summed E-state index contributed by atoms with van der Waals surface area (Å²) in [6.45, 7) is 8.61. The molecule has 18 heavy (non-hydrogen) atoms. The van der Waals surface area contributed by atoms with Crippen molar-refractivity contribution in [3.8, 4) is 0 Å². The maximum atomic E-state index is 4.74. The summed E-state index contributed by atoms with van der Waals surface area (Å²) in [5.41, 5.74) is 3.78. The summed E-state index contributed by atoms with van der Waals surface area (Å²) in [5.74, 6) is 2.91. The Bertz CT molecular complexity index is 428. The van der Waals surface area contributed by atoms with Crippen molar-refractivity contribution in [2.75, 3.05) is 25.5 Å². The van der Waals surface area contributed by atoms with E-state index in [2.05, 4.69) is 44.1 Å². The highest BCUT2D eigenvalue weighted by atomic mass is 15.2. The zero-order chi connectivity index (χ0) is 13.3. The van der Waals surface area contributed by atoms with Crippen LogP contribution in [0.4, 0.5) is 5.82 Å². The van der Waals surface area contributed by atoms with Gasteiger partial charge in [-0.15, -0.1) is 0 Å². The summed E-state index contributed by atoms with van der Waals surface area (Å²) >= 11 is 0. The zero-order valence-electron chi connectivity index (χ0n) is 12.2. The minimum absolute atomic E-state index is 0.861. The second kappa shape index (κ2) is 5.27. The monoisotopic (exact) mass is 247 g/mol. The van der Waals surface area contributed by atoms with Crippen LogP contribution < -0.4 is 10.2 Å². The molecule has 0 amide bonds. The molecule has 2 rings (SSSR count). The fourth-order valence-corrected chi connectivity index (χ4v) is 2.65. The van der Waals surface area contributed by atoms with Crippen LogP contribution in [0, 0.1) is 25.7 Å². The molecule has 0 aliphatic heterocycles. The van der Waals surface area contributed by atoms with Gasteiger partial charge in [0.05, 0.1) is 0 Å². The molecule has 1 aromatic heterocycles. The molecule has 0 bridgehead atoms. The fourth-order valence-electron chi connectivity index (χ4n) is 2.65. The Labute approximate surface area is 111 Å². The van der Waals surface area contributed by atoms with Crippen LogP contribution in [-0.2, 0) is 6.54 Å². The van der Waals surface area contributed by atoms with Gasteiger partial charge in [-0.05, 0) is 50.8 Å². The average Bonchev–Trinajstić information content (AvgIpc) is 2.97. The first kappa shape index (κ1) is 13.3. The van der Waals surface area contributed by atoms with E-state index in [0.29, 0.717) is 0 Å². The Morgan fingerprint density at radius 2 is 2.11 bits per heavy atom. The van der Waals surface area contributed by atoms with Crippen molar-refractivity contribution in [2.45, 2.75) is 33.7 Å². The number of pyridine rings is 1. The summed E-state index contributed by atoms with van der Waals surface area (Å²) < 4.78 is 0. The molecule has 0 saturated heterocycles. The Morgan fingerprint density at radius 3 is 2.67 bits per heavy atom. The van der Waals surface area contributed by atoms with Crippen molar-refractivity contribution in [1.29, 1.82) is 0 Å². The molecule has 1 heterocycles. The van der Waals surface area contributed by atoms with Crippen LogP contribution in [0.15, 0.2) is 6.07 Å². The highest BCUT2D eigenvalue weighted by Gasteiger charge is 2.33. The van der Waals surface area contributed by atoms with Crippen LogP contribution in [0.25, 0.3) is 0 Å². The van der Waals surface area contributed by atoms with Gasteiger partial charge in [0.2, 0.25) is 0 Å². The summed E-state index contributed by atoms with van der Waals surface area (Å²) in [7, 11) is 4.16. The highest BCUT2D eigenvalue weighted by molar-refractivity contribution is 5.51. The maximum Gasteiger partial charge on any atom is 0.133 e. The lowest BCUT2D eigenvalue weighted by Gasteiger charge is -2.23. The van der Waals surface area contributed by atoms with E-state index in [1.54, 1.807) is 0 Å². The van der Waals surface area contributed by atoms with Gasteiger partial charge in [0.25, 0.3) is 0 Å². The van der Waals surface area contributed by atoms with E-state index >= 15 is 0 Å². The largest absolute Gasteiger partial charge is 0.359 e. The molecule has 2 unspecified atom stereocenters. The van der Waals surface area contributed by atoms with E-state index in [4.69, 9.17) is 4.98 Å². The van der Waals surface area contributed by atoms with E-state index in [0.717, 1.165) is 36.4 Å². The molecule has 2 atom stereocenters. The third-order valence-electron chi connectivity index (χ3n) is 3.95. The molecule has 1 aromatic rings. The van der Waals surface area contributed by atoms with Crippen molar-refractivity contribution >= 4 is 5.82 Å². The molecule has 0 radical (unpaired) electrons. The normalized spacial score (nSPS) is 22.1. The first-order chi connectivity index (χ1) is 8.52. The quantitative estimate of drug-likeness (QED) is 0.866. The molecule has 1 N–H and O–H groups in total. The number of aryl methyl sites for hydroxylation is 2. The second-order valence-corrected chi connectivity index (χ2v) is 5.77. The van der Waals surface area contributed by atoms with E-state index in [1.165, 1.54) is 17.5 Å². The van der Waals surface area contributed by atoms with Gasteiger partial charge in [-0.1, -0.05) is 6.92 Å². The first-order valence-corrected chi connectivity index (χ1v) is 6.85. The average molecular weight is 247 g/mol. The number of anilines is 1. The topological polar surface area (TPSA) is 28.2 Å². The van der Waals surface area contributed by atoms with Crippen LogP contribution >= 0.6 is 0 Å². The third-order valence-corrected chi connectivity index (χ3v) is 3.95. The lowest BCUT2D eigenvalue weighted by atomic mass is 10.1. The Hall–Kier alpha value is -1.09. The van der Waals surface area contributed by atoms with Crippen LogP contribution in [0.5, 0.6) is 0 Å². The molecular formula is C15H25N3. The van der Waals surface area contributed by atoms with Gasteiger partial charge in [-0.3, -0.25) is 0 Å². The van der Waals surface area contributed by atoms with Gasteiger partial charge in [-0.2, -0.15) is 0 Å². The maximum absolute atomic E-state index is 4.74. The Morgan fingerprint density at radius 1 is 1.44 bits per heavy atom. The molecule has 1 fully saturated rings. The molecule has 100 valence electrons. The van der Waals surface area contributed by atoms with Crippen molar-refractivity contribution in [3.63, 3.8) is 0 Å². The molecule has 0 aromatic carbocycles. The summed E-state index contributed by atoms with van der Waals surface area (Å²) in [6, 6.07) is 2.17. The molecular weight excluding hydrogens is 222 g/mol. The lowest BCUT2D eigenvalue weighted by molar-refractivity contribution is 0.709. The number of rotatable bonds is 5. The molecule has 1 saturated carbocycles. The van der Waals surface area contributed by atoms with Crippen molar-refractivity contribution in [3.05, 3.63) is 22.9 Å². The summed E-state index contributed by atoms with van der Waals surface area (Å²) in [5, 5.41) is 3.25. The zero-order valence-corrected chi connectivity index (χ0v) is 12.2. The van der Waals surface area contributed by atoms with Crippen LogP contribution in [0.3, 0.4) is 0 Å². The van der Waals surface area contributed by atoms with Crippen LogP contribution in [0.2, 0.25) is 0 Å². The first-order valence-electron chi connectivity index (χ1n) is 6.85.